The Bertz CT molecular complexity index is 466. The van der Waals surface area contributed by atoms with Crippen LogP contribution in [-0.4, -0.2) is 21.9 Å². The minimum atomic E-state index is -0.846. The third-order valence-electron chi connectivity index (χ3n) is 1.89. The van der Waals surface area contributed by atoms with Crippen LogP contribution in [0.4, 0.5) is 0 Å². The smallest absolute Gasteiger partial charge is 0.307 e. The van der Waals surface area contributed by atoms with Crippen molar-refractivity contribution >= 4 is 22.8 Å². The van der Waals surface area contributed by atoms with Crippen molar-refractivity contribution in [1.29, 1.82) is 0 Å². The lowest BCUT2D eigenvalue weighted by Gasteiger charge is -1.96. The van der Waals surface area contributed by atoms with Crippen molar-refractivity contribution in [3.8, 4) is 11.8 Å². The van der Waals surface area contributed by atoms with E-state index in [9.17, 15) is 9.59 Å². The molecule has 3 nitrogen and oxygen atoms in total. The first-order valence-electron chi connectivity index (χ1n) is 5.01. The molecule has 0 unspecified atom stereocenters. The minimum absolute atomic E-state index is 0.0217. The molecule has 0 saturated heterocycles. The highest BCUT2D eigenvalue weighted by Gasteiger charge is 1.98. The van der Waals surface area contributed by atoms with Gasteiger partial charge in [-0.3, -0.25) is 9.59 Å². The van der Waals surface area contributed by atoms with E-state index < -0.39 is 5.97 Å². The number of benzene rings is 1. The Hall–Kier alpha value is -1.73. The second-order valence-corrected chi connectivity index (χ2v) is 4.50. The van der Waals surface area contributed by atoms with E-state index in [1.165, 1.54) is 18.7 Å². The van der Waals surface area contributed by atoms with Gasteiger partial charge in [-0.25, -0.2) is 0 Å². The summed E-state index contributed by atoms with van der Waals surface area (Å²) >= 11 is 1.17. The van der Waals surface area contributed by atoms with Gasteiger partial charge < -0.3 is 5.11 Å². The van der Waals surface area contributed by atoms with Crippen LogP contribution in [0.1, 0.15) is 18.1 Å². The average Bonchev–Trinajstić information content (AvgIpc) is 2.25. The van der Waals surface area contributed by atoms with Crippen LogP contribution in [0.25, 0.3) is 0 Å². The van der Waals surface area contributed by atoms with Gasteiger partial charge in [-0.05, 0) is 17.7 Å². The van der Waals surface area contributed by atoms with Gasteiger partial charge in [0.15, 0.2) is 5.12 Å². The zero-order valence-corrected chi connectivity index (χ0v) is 10.2. The van der Waals surface area contributed by atoms with Gasteiger partial charge >= 0.3 is 5.97 Å². The van der Waals surface area contributed by atoms with E-state index in [2.05, 4.69) is 11.8 Å². The standard InChI is InChI=1S/C13H12O3S/c1-10(14)17-8-2-3-11-4-6-12(7-5-11)9-13(15)16/h4-7H,8-9H2,1H3,(H,15,16). The molecular weight excluding hydrogens is 236 g/mol. The van der Waals surface area contributed by atoms with Crippen LogP contribution in [-0.2, 0) is 16.0 Å². The van der Waals surface area contributed by atoms with Crippen LogP contribution in [0, 0.1) is 11.8 Å². The molecule has 4 heteroatoms. The lowest BCUT2D eigenvalue weighted by atomic mass is 10.1. The van der Waals surface area contributed by atoms with E-state index in [4.69, 9.17) is 5.11 Å². The second-order valence-electron chi connectivity index (χ2n) is 3.35. The van der Waals surface area contributed by atoms with E-state index >= 15 is 0 Å². The molecule has 17 heavy (non-hydrogen) atoms. The summed E-state index contributed by atoms with van der Waals surface area (Å²) in [5.74, 6) is 5.41. The van der Waals surface area contributed by atoms with Gasteiger partial charge in [-0.1, -0.05) is 35.7 Å². The molecule has 0 aromatic heterocycles. The maximum atomic E-state index is 10.6. The highest BCUT2D eigenvalue weighted by atomic mass is 32.2. The zero-order valence-electron chi connectivity index (χ0n) is 9.40. The number of hydrogen-bond donors (Lipinski definition) is 1. The summed E-state index contributed by atoms with van der Waals surface area (Å²) in [6.07, 6.45) is 0.0217. The van der Waals surface area contributed by atoms with Gasteiger partial charge in [0, 0.05) is 12.5 Å². The van der Waals surface area contributed by atoms with Crippen LogP contribution in [0.2, 0.25) is 0 Å². The molecule has 0 bridgehead atoms. The number of rotatable bonds is 3. The van der Waals surface area contributed by atoms with Crippen molar-refractivity contribution in [1.82, 2.24) is 0 Å². The Labute approximate surface area is 104 Å². The van der Waals surface area contributed by atoms with Gasteiger partial charge in [-0.2, -0.15) is 0 Å². The van der Waals surface area contributed by atoms with Crippen molar-refractivity contribution in [2.75, 3.05) is 5.75 Å². The quantitative estimate of drug-likeness (QED) is 0.831. The summed E-state index contributed by atoms with van der Waals surface area (Å²) in [5.41, 5.74) is 1.57. The molecular formula is C13H12O3S. The van der Waals surface area contributed by atoms with Gasteiger partial charge in [-0.15, -0.1) is 0 Å². The van der Waals surface area contributed by atoms with Crippen LogP contribution >= 0.6 is 11.8 Å². The van der Waals surface area contributed by atoms with Crippen LogP contribution < -0.4 is 0 Å². The molecule has 1 rings (SSSR count). The fourth-order valence-electron chi connectivity index (χ4n) is 1.16. The summed E-state index contributed by atoms with van der Waals surface area (Å²) in [5, 5.41) is 8.65. The third-order valence-corrected chi connectivity index (χ3v) is 2.58. The zero-order chi connectivity index (χ0) is 12.7. The first-order valence-corrected chi connectivity index (χ1v) is 5.99. The first-order chi connectivity index (χ1) is 8.08. The lowest BCUT2D eigenvalue weighted by Crippen LogP contribution is -1.99. The molecule has 0 aliphatic rings. The number of carboxylic acids is 1. The molecule has 0 radical (unpaired) electrons. The highest BCUT2D eigenvalue weighted by Crippen LogP contribution is 2.04. The molecule has 0 aliphatic heterocycles. The van der Waals surface area contributed by atoms with Crippen molar-refractivity contribution < 1.29 is 14.7 Å². The molecule has 0 aliphatic carbocycles. The Balaban J connectivity index is 2.55. The number of hydrogen-bond acceptors (Lipinski definition) is 3. The topological polar surface area (TPSA) is 54.4 Å². The number of aliphatic carboxylic acids is 1. The molecule has 0 fully saturated rings. The summed E-state index contributed by atoms with van der Waals surface area (Å²) in [6, 6.07) is 7.06. The first kappa shape index (κ1) is 13.3. The monoisotopic (exact) mass is 248 g/mol. The molecule has 0 heterocycles. The summed E-state index contributed by atoms with van der Waals surface area (Å²) < 4.78 is 0. The molecule has 0 atom stereocenters. The molecule has 88 valence electrons. The Morgan fingerprint density at radius 2 is 1.94 bits per heavy atom. The molecule has 1 N–H and O–H groups in total. The third kappa shape index (κ3) is 5.79. The van der Waals surface area contributed by atoms with Gasteiger partial charge in [0.05, 0.1) is 12.2 Å². The molecule has 1 aromatic rings. The maximum Gasteiger partial charge on any atom is 0.307 e. The number of carbonyl (C=O) groups is 2. The predicted octanol–water partition coefficient (Wildman–Crippen LogP) is 1.94. The molecule has 1 aromatic carbocycles. The lowest BCUT2D eigenvalue weighted by molar-refractivity contribution is -0.136. The number of carbonyl (C=O) groups excluding carboxylic acids is 1. The van der Waals surface area contributed by atoms with E-state index in [0.29, 0.717) is 5.75 Å². The largest absolute Gasteiger partial charge is 0.481 e. The minimum Gasteiger partial charge on any atom is -0.481 e. The van der Waals surface area contributed by atoms with Gasteiger partial charge in [0.25, 0.3) is 0 Å². The van der Waals surface area contributed by atoms with Crippen LogP contribution in [0.3, 0.4) is 0 Å². The second kappa shape index (κ2) is 6.77. The van der Waals surface area contributed by atoms with Crippen LogP contribution in [0.15, 0.2) is 24.3 Å². The molecule has 0 amide bonds. The average molecular weight is 248 g/mol. The fraction of sp³-hybridized carbons (Fsp3) is 0.231. The fourth-order valence-corrected chi connectivity index (χ4v) is 1.50. The Kier molecular flexibility index (Phi) is 5.31. The summed E-state index contributed by atoms with van der Waals surface area (Å²) in [7, 11) is 0. The van der Waals surface area contributed by atoms with Gasteiger partial charge in [0.1, 0.15) is 0 Å². The van der Waals surface area contributed by atoms with E-state index in [1.54, 1.807) is 24.3 Å². The van der Waals surface area contributed by atoms with E-state index in [1.807, 2.05) is 0 Å². The van der Waals surface area contributed by atoms with Crippen LogP contribution in [0.5, 0.6) is 0 Å². The Morgan fingerprint density at radius 1 is 1.29 bits per heavy atom. The SMILES string of the molecule is CC(=O)SCC#Cc1ccc(CC(=O)O)cc1. The van der Waals surface area contributed by atoms with Crippen molar-refractivity contribution in [3.63, 3.8) is 0 Å². The normalized spacial score (nSPS) is 9.24. The molecule has 0 spiro atoms. The van der Waals surface area contributed by atoms with E-state index in [0.717, 1.165) is 11.1 Å². The van der Waals surface area contributed by atoms with Crippen molar-refractivity contribution in [3.05, 3.63) is 35.4 Å². The van der Waals surface area contributed by atoms with E-state index in [-0.39, 0.29) is 11.5 Å². The number of thioether (sulfide) groups is 1. The molecule has 0 saturated carbocycles. The maximum absolute atomic E-state index is 10.6. The van der Waals surface area contributed by atoms with Crippen molar-refractivity contribution in [2.45, 2.75) is 13.3 Å². The summed E-state index contributed by atoms with van der Waals surface area (Å²) in [6.45, 7) is 1.51. The summed E-state index contributed by atoms with van der Waals surface area (Å²) in [4.78, 5) is 21.1. The van der Waals surface area contributed by atoms with Gasteiger partial charge in [0.2, 0.25) is 0 Å². The Morgan fingerprint density at radius 3 is 2.47 bits per heavy atom. The van der Waals surface area contributed by atoms with Crippen molar-refractivity contribution in [2.24, 2.45) is 0 Å². The highest BCUT2D eigenvalue weighted by molar-refractivity contribution is 8.13. The predicted molar refractivity (Wildman–Crippen MR) is 67.8 cm³/mol. The number of carboxylic acid groups (broad SMARTS) is 1.